The van der Waals surface area contributed by atoms with E-state index in [1.807, 2.05) is 24.3 Å². The minimum atomic E-state index is 0.313. The fourth-order valence-electron chi connectivity index (χ4n) is 1.69. The number of rotatable bonds is 4. The molecule has 0 amide bonds. The first-order chi connectivity index (χ1) is 9.11. The molecule has 19 heavy (non-hydrogen) atoms. The normalized spacial score (nSPS) is 10.3. The van der Waals surface area contributed by atoms with Crippen molar-refractivity contribution in [2.24, 2.45) is 0 Å². The second-order valence-corrected chi connectivity index (χ2v) is 4.73. The fourth-order valence-corrected chi connectivity index (χ4v) is 2.30. The third-order valence-electron chi connectivity index (χ3n) is 2.59. The largest absolute Gasteiger partial charge is 0.496 e. The minimum Gasteiger partial charge on any atom is -0.496 e. The zero-order chi connectivity index (χ0) is 13.8. The number of nitrogen functional groups attached to an aromatic ring is 1. The molecule has 100 valence electrons. The van der Waals surface area contributed by atoms with Gasteiger partial charge in [0.15, 0.2) is 5.75 Å². The Balaban J connectivity index is 2.19. The van der Waals surface area contributed by atoms with Gasteiger partial charge in [0.1, 0.15) is 12.4 Å². The summed E-state index contributed by atoms with van der Waals surface area (Å²) in [6.07, 6.45) is 0. The summed E-state index contributed by atoms with van der Waals surface area (Å²) in [4.78, 5) is 0. The van der Waals surface area contributed by atoms with Crippen molar-refractivity contribution in [1.82, 2.24) is 0 Å². The van der Waals surface area contributed by atoms with E-state index >= 15 is 0 Å². The monoisotopic (exact) mass is 297 g/mol. The second-order valence-electron chi connectivity index (χ2n) is 3.91. The molecule has 0 aromatic heterocycles. The summed E-state index contributed by atoms with van der Waals surface area (Å²) in [6.45, 7) is 0.313. The molecule has 0 spiro atoms. The molecule has 0 radical (unpaired) electrons. The summed E-state index contributed by atoms with van der Waals surface area (Å²) in [5.74, 6) is 1.17. The van der Waals surface area contributed by atoms with E-state index in [0.29, 0.717) is 28.1 Å². The van der Waals surface area contributed by atoms with E-state index in [-0.39, 0.29) is 0 Å². The van der Waals surface area contributed by atoms with Gasteiger partial charge in [0.2, 0.25) is 0 Å². The smallest absolute Gasteiger partial charge is 0.157 e. The van der Waals surface area contributed by atoms with Crippen LogP contribution in [0.25, 0.3) is 0 Å². The van der Waals surface area contributed by atoms with Gasteiger partial charge < -0.3 is 15.2 Å². The molecule has 0 aliphatic heterocycles. The van der Waals surface area contributed by atoms with Gasteiger partial charge in [0.25, 0.3) is 0 Å². The number of para-hydroxylation sites is 1. The number of anilines is 1. The van der Waals surface area contributed by atoms with Crippen molar-refractivity contribution in [3.63, 3.8) is 0 Å². The van der Waals surface area contributed by atoms with Crippen LogP contribution < -0.4 is 15.2 Å². The highest BCUT2D eigenvalue weighted by Gasteiger charge is 2.10. The van der Waals surface area contributed by atoms with Gasteiger partial charge in [-0.3, -0.25) is 0 Å². The Morgan fingerprint density at radius 1 is 1.11 bits per heavy atom. The number of nitrogens with two attached hydrogens (primary N) is 1. The van der Waals surface area contributed by atoms with Gasteiger partial charge in [0.05, 0.1) is 17.2 Å². The van der Waals surface area contributed by atoms with Crippen LogP contribution in [0.15, 0.2) is 36.4 Å². The van der Waals surface area contributed by atoms with Crippen molar-refractivity contribution in [1.29, 1.82) is 0 Å². The molecule has 0 saturated carbocycles. The standard InChI is InChI=1S/C14H13Cl2NO2/c1-18-13-5-3-2-4-9(13)8-19-14-11(15)6-10(17)7-12(14)16/h2-7H,8,17H2,1H3. The van der Waals surface area contributed by atoms with Crippen molar-refractivity contribution in [2.45, 2.75) is 6.61 Å². The Morgan fingerprint density at radius 2 is 1.74 bits per heavy atom. The van der Waals surface area contributed by atoms with Gasteiger partial charge in [-0.15, -0.1) is 0 Å². The van der Waals surface area contributed by atoms with Crippen LogP contribution in [-0.2, 0) is 6.61 Å². The summed E-state index contributed by atoms with van der Waals surface area (Å²) in [6, 6.07) is 10.8. The Kier molecular flexibility index (Phi) is 4.40. The molecule has 0 heterocycles. The highest BCUT2D eigenvalue weighted by Crippen LogP contribution is 2.36. The molecule has 5 heteroatoms. The second kappa shape index (κ2) is 6.04. The van der Waals surface area contributed by atoms with E-state index in [9.17, 15) is 0 Å². The zero-order valence-electron chi connectivity index (χ0n) is 10.3. The first kappa shape index (κ1) is 13.8. The SMILES string of the molecule is COc1ccccc1COc1c(Cl)cc(N)cc1Cl. The van der Waals surface area contributed by atoms with Crippen LogP contribution in [0.4, 0.5) is 5.69 Å². The van der Waals surface area contributed by atoms with E-state index in [2.05, 4.69) is 0 Å². The van der Waals surface area contributed by atoms with Crippen molar-refractivity contribution >= 4 is 28.9 Å². The van der Waals surface area contributed by atoms with Gasteiger partial charge >= 0.3 is 0 Å². The van der Waals surface area contributed by atoms with Crippen LogP contribution in [-0.4, -0.2) is 7.11 Å². The number of hydrogen-bond donors (Lipinski definition) is 1. The Labute approximate surface area is 121 Å². The Hall–Kier alpha value is -1.58. The Morgan fingerprint density at radius 3 is 2.37 bits per heavy atom. The van der Waals surface area contributed by atoms with Crippen LogP contribution in [0.1, 0.15) is 5.56 Å². The van der Waals surface area contributed by atoms with E-state index in [1.54, 1.807) is 19.2 Å². The van der Waals surface area contributed by atoms with Crippen molar-refractivity contribution < 1.29 is 9.47 Å². The quantitative estimate of drug-likeness (QED) is 0.862. The summed E-state index contributed by atoms with van der Waals surface area (Å²) in [7, 11) is 1.61. The lowest BCUT2D eigenvalue weighted by atomic mass is 10.2. The molecule has 0 aliphatic rings. The average molecular weight is 298 g/mol. The predicted molar refractivity (Wildman–Crippen MR) is 78.2 cm³/mol. The third kappa shape index (κ3) is 3.25. The summed E-state index contributed by atoms with van der Waals surface area (Å²) in [5.41, 5.74) is 7.05. The van der Waals surface area contributed by atoms with Crippen molar-refractivity contribution in [3.05, 3.63) is 52.0 Å². The lowest BCUT2D eigenvalue weighted by Gasteiger charge is -2.12. The van der Waals surface area contributed by atoms with Gasteiger partial charge in [-0.2, -0.15) is 0 Å². The lowest BCUT2D eigenvalue weighted by Crippen LogP contribution is -2.00. The number of benzene rings is 2. The highest BCUT2D eigenvalue weighted by atomic mass is 35.5. The van der Waals surface area contributed by atoms with Gasteiger partial charge in [-0.1, -0.05) is 41.4 Å². The molecule has 0 aliphatic carbocycles. The fraction of sp³-hybridized carbons (Fsp3) is 0.143. The molecular formula is C14H13Cl2NO2. The van der Waals surface area contributed by atoms with Crippen molar-refractivity contribution in [3.8, 4) is 11.5 Å². The van der Waals surface area contributed by atoms with Crippen molar-refractivity contribution in [2.75, 3.05) is 12.8 Å². The molecule has 2 aromatic carbocycles. The maximum atomic E-state index is 6.05. The maximum Gasteiger partial charge on any atom is 0.157 e. The van der Waals surface area contributed by atoms with E-state index < -0.39 is 0 Å². The third-order valence-corrected chi connectivity index (χ3v) is 3.15. The number of hydrogen-bond acceptors (Lipinski definition) is 3. The first-order valence-electron chi connectivity index (χ1n) is 5.61. The summed E-state index contributed by atoms with van der Waals surface area (Å²) in [5, 5.41) is 0.778. The molecule has 0 atom stereocenters. The van der Waals surface area contributed by atoms with Gasteiger partial charge in [-0.05, 0) is 18.2 Å². The molecule has 0 bridgehead atoms. The molecule has 2 rings (SSSR count). The first-order valence-corrected chi connectivity index (χ1v) is 6.36. The number of halogens is 2. The van der Waals surface area contributed by atoms with E-state index in [1.165, 1.54) is 0 Å². The summed E-state index contributed by atoms with van der Waals surface area (Å²) >= 11 is 12.1. The van der Waals surface area contributed by atoms with Crippen LogP contribution in [0.2, 0.25) is 10.0 Å². The summed E-state index contributed by atoms with van der Waals surface area (Å²) < 4.78 is 10.9. The van der Waals surface area contributed by atoms with Crippen LogP contribution >= 0.6 is 23.2 Å². The molecular weight excluding hydrogens is 285 g/mol. The van der Waals surface area contributed by atoms with Gasteiger partial charge in [0, 0.05) is 11.3 Å². The molecule has 3 nitrogen and oxygen atoms in total. The number of methoxy groups -OCH3 is 1. The average Bonchev–Trinajstić information content (AvgIpc) is 2.38. The molecule has 2 N–H and O–H groups in total. The lowest BCUT2D eigenvalue weighted by molar-refractivity contribution is 0.297. The van der Waals surface area contributed by atoms with E-state index in [0.717, 1.165) is 11.3 Å². The van der Waals surface area contributed by atoms with Gasteiger partial charge in [-0.25, -0.2) is 0 Å². The minimum absolute atomic E-state index is 0.313. The predicted octanol–water partition coefficient (Wildman–Crippen LogP) is 4.16. The topological polar surface area (TPSA) is 44.5 Å². The molecule has 2 aromatic rings. The molecule has 0 saturated heterocycles. The molecule has 0 fully saturated rings. The van der Waals surface area contributed by atoms with E-state index in [4.69, 9.17) is 38.4 Å². The highest BCUT2D eigenvalue weighted by molar-refractivity contribution is 6.37. The van der Waals surface area contributed by atoms with Crippen LogP contribution in [0, 0.1) is 0 Å². The number of ether oxygens (including phenoxy) is 2. The zero-order valence-corrected chi connectivity index (χ0v) is 11.8. The Bertz CT molecular complexity index is 564. The van der Waals surface area contributed by atoms with Crippen LogP contribution in [0.3, 0.4) is 0 Å². The van der Waals surface area contributed by atoms with Crippen LogP contribution in [0.5, 0.6) is 11.5 Å². The maximum absolute atomic E-state index is 6.05. The molecule has 0 unspecified atom stereocenters.